The van der Waals surface area contributed by atoms with Crippen molar-refractivity contribution in [3.8, 4) is 0 Å². The van der Waals surface area contributed by atoms with Crippen LogP contribution in [0.5, 0.6) is 0 Å². The molecule has 1 N–H and O–H groups in total. The molecule has 3 aliphatic rings. The average Bonchev–Trinajstić information content (AvgIpc) is 3.26. The Labute approximate surface area is 144 Å². The molecule has 24 heavy (non-hydrogen) atoms. The quantitative estimate of drug-likeness (QED) is 0.927. The lowest BCUT2D eigenvalue weighted by atomic mass is 9.99. The number of nitrogens with zero attached hydrogens (tertiary/aromatic N) is 1. The Hall–Kier alpha value is -1.39. The van der Waals surface area contributed by atoms with Crippen LogP contribution < -0.4 is 5.32 Å². The molecule has 1 saturated carbocycles. The first-order valence-corrected chi connectivity index (χ1v) is 9.25. The van der Waals surface area contributed by atoms with Crippen molar-refractivity contribution in [3.63, 3.8) is 0 Å². The van der Waals surface area contributed by atoms with Gasteiger partial charge in [0.15, 0.2) is 0 Å². The van der Waals surface area contributed by atoms with Crippen LogP contribution in [0.3, 0.4) is 0 Å². The number of ether oxygens (including phenoxy) is 1. The molecule has 2 saturated heterocycles. The molecule has 2 aliphatic heterocycles. The van der Waals surface area contributed by atoms with Gasteiger partial charge in [0.1, 0.15) is 0 Å². The van der Waals surface area contributed by atoms with Crippen LogP contribution in [0.1, 0.15) is 46.3 Å². The first kappa shape index (κ1) is 16.1. The van der Waals surface area contributed by atoms with Gasteiger partial charge < -0.3 is 10.1 Å². The molecule has 1 amide bonds. The van der Waals surface area contributed by atoms with E-state index in [2.05, 4.69) is 29.3 Å². The molecule has 130 valence electrons. The van der Waals surface area contributed by atoms with E-state index in [-0.39, 0.29) is 11.9 Å². The van der Waals surface area contributed by atoms with Gasteiger partial charge in [-0.2, -0.15) is 0 Å². The molecule has 0 spiro atoms. The number of carbonyl (C=O) groups is 1. The zero-order valence-corrected chi connectivity index (χ0v) is 15.0. The molecule has 0 bridgehead atoms. The fourth-order valence-electron chi connectivity index (χ4n) is 4.55. The Bertz CT molecular complexity index is 630. The van der Waals surface area contributed by atoms with Gasteiger partial charge in [-0.1, -0.05) is 17.7 Å². The highest BCUT2D eigenvalue weighted by Gasteiger charge is 2.42. The van der Waals surface area contributed by atoms with Crippen molar-refractivity contribution in [2.45, 2.75) is 58.2 Å². The molecule has 4 rings (SSSR count). The second-order valence-electron chi connectivity index (χ2n) is 8.00. The monoisotopic (exact) mass is 328 g/mol. The maximum Gasteiger partial charge on any atom is 0.252 e. The topological polar surface area (TPSA) is 41.6 Å². The van der Waals surface area contributed by atoms with E-state index in [9.17, 15) is 4.79 Å². The minimum Gasteiger partial charge on any atom is -0.375 e. The number of aryl methyl sites for hydroxylation is 3. The molecule has 3 atom stereocenters. The zero-order valence-electron chi connectivity index (χ0n) is 15.0. The molecular formula is C20H28N2O2. The normalized spacial score (nSPS) is 30.2. The number of nitrogens with one attached hydrogen (secondary N) is 1. The molecule has 1 aliphatic carbocycles. The highest BCUT2D eigenvalue weighted by Crippen LogP contribution is 2.37. The second-order valence-corrected chi connectivity index (χ2v) is 8.00. The van der Waals surface area contributed by atoms with E-state index in [1.807, 2.05) is 13.8 Å². The number of fused-ring (bicyclic) bond motifs is 1. The van der Waals surface area contributed by atoms with Crippen LogP contribution in [-0.2, 0) is 4.74 Å². The van der Waals surface area contributed by atoms with E-state index in [4.69, 9.17) is 4.74 Å². The second kappa shape index (κ2) is 6.16. The lowest BCUT2D eigenvalue weighted by Gasteiger charge is -2.35. The van der Waals surface area contributed by atoms with Crippen LogP contribution in [0.2, 0.25) is 0 Å². The Morgan fingerprint density at radius 3 is 2.54 bits per heavy atom. The third kappa shape index (κ3) is 3.09. The smallest absolute Gasteiger partial charge is 0.252 e. The number of amides is 1. The maximum atomic E-state index is 12.8. The molecule has 2 heterocycles. The summed E-state index contributed by atoms with van der Waals surface area (Å²) in [4.78, 5) is 15.3. The summed E-state index contributed by atoms with van der Waals surface area (Å²) in [6.07, 6.45) is 4.09. The van der Waals surface area contributed by atoms with Crippen LogP contribution in [0, 0.1) is 26.7 Å². The van der Waals surface area contributed by atoms with Crippen LogP contribution in [0.4, 0.5) is 0 Å². The highest BCUT2D eigenvalue weighted by atomic mass is 16.5. The van der Waals surface area contributed by atoms with Crippen LogP contribution in [0.25, 0.3) is 0 Å². The SMILES string of the molecule is Cc1cc(C)c(C(=O)N[C@H]2C[C@H]3CO[C@@H](C4CC4)CN3C2)c(C)c1. The molecule has 3 fully saturated rings. The van der Waals surface area contributed by atoms with Gasteiger partial charge in [0, 0.05) is 30.7 Å². The van der Waals surface area contributed by atoms with E-state index < -0.39 is 0 Å². The van der Waals surface area contributed by atoms with E-state index in [1.54, 1.807) is 0 Å². The number of hydrogen-bond acceptors (Lipinski definition) is 3. The van der Waals surface area contributed by atoms with Crippen molar-refractivity contribution in [2.24, 2.45) is 5.92 Å². The molecular weight excluding hydrogens is 300 g/mol. The molecule has 0 unspecified atom stereocenters. The fraction of sp³-hybridized carbons (Fsp3) is 0.650. The minimum atomic E-state index is 0.0782. The largest absolute Gasteiger partial charge is 0.375 e. The molecule has 0 radical (unpaired) electrons. The minimum absolute atomic E-state index is 0.0782. The van der Waals surface area contributed by atoms with Gasteiger partial charge >= 0.3 is 0 Å². The summed E-state index contributed by atoms with van der Waals surface area (Å²) in [6, 6.07) is 4.90. The summed E-state index contributed by atoms with van der Waals surface area (Å²) < 4.78 is 6.05. The molecule has 1 aromatic carbocycles. The number of rotatable bonds is 3. The van der Waals surface area contributed by atoms with Crippen molar-refractivity contribution in [1.29, 1.82) is 0 Å². The predicted octanol–water partition coefficient (Wildman–Crippen LogP) is 2.59. The highest BCUT2D eigenvalue weighted by molar-refractivity contribution is 5.97. The van der Waals surface area contributed by atoms with Gasteiger partial charge in [0.25, 0.3) is 5.91 Å². The molecule has 1 aromatic rings. The third-order valence-corrected chi connectivity index (χ3v) is 5.83. The first-order valence-electron chi connectivity index (χ1n) is 9.25. The lowest BCUT2D eigenvalue weighted by molar-refractivity contribution is -0.0581. The summed E-state index contributed by atoms with van der Waals surface area (Å²) in [5.74, 6) is 0.868. The van der Waals surface area contributed by atoms with Gasteiger partial charge in [0.2, 0.25) is 0 Å². The molecule has 4 nitrogen and oxygen atoms in total. The summed E-state index contributed by atoms with van der Waals surface area (Å²) in [5.41, 5.74) is 4.19. The number of carbonyl (C=O) groups excluding carboxylic acids is 1. The fourth-order valence-corrected chi connectivity index (χ4v) is 4.55. The van der Waals surface area contributed by atoms with Crippen molar-refractivity contribution in [1.82, 2.24) is 10.2 Å². The average molecular weight is 328 g/mol. The molecule has 4 heteroatoms. The summed E-state index contributed by atoms with van der Waals surface area (Å²) in [7, 11) is 0. The van der Waals surface area contributed by atoms with Crippen LogP contribution in [0.15, 0.2) is 12.1 Å². The van der Waals surface area contributed by atoms with Crippen molar-refractivity contribution in [2.75, 3.05) is 19.7 Å². The summed E-state index contributed by atoms with van der Waals surface area (Å²) in [6.45, 7) is 8.97. The van der Waals surface area contributed by atoms with Crippen LogP contribution >= 0.6 is 0 Å². The maximum absolute atomic E-state index is 12.8. The van der Waals surface area contributed by atoms with Gasteiger partial charge in [-0.05, 0) is 57.1 Å². The van der Waals surface area contributed by atoms with Gasteiger partial charge in [0.05, 0.1) is 12.7 Å². The van der Waals surface area contributed by atoms with E-state index in [1.165, 1.54) is 18.4 Å². The zero-order chi connectivity index (χ0) is 16.8. The third-order valence-electron chi connectivity index (χ3n) is 5.83. The number of morpholine rings is 1. The Morgan fingerprint density at radius 1 is 1.17 bits per heavy atom. The van der Waals surface area contributed by atoms with E-state index in [0.29, 0.717) is 12.1 Å². The molecule has 0 aromatic heterocycles. The lowest BCUT2D eigenvalue weighted by Crippen LogP contribution is -2.47. The van der Waals surface area contributed by atoms with Gasteiger partial charge in [-0.25, -0.2) is 0 Å². The van der Waals surface area contributed by atoms with Gasteiger partial charge in [-0.3, -0.25) is 9.69 Å². The Morgan fingerprint density at radius 2 is 1.88 bits per heavy atom. The number of benzene rings is 1. The van der Waals surface area contributed by atoms with Gasteiger partial charge in [-0.15, -0.1) is 0 Å². The van der Waals surface area contributed by atoms with Crippen LogP contribution in [-0.4, -0.2) is 48.7 Å². The standard InChI is InChI=1S/C20H28N2O2/c1-12-6-13(2)19(14(3)7-12)20(23)21-16-8-17-11-24-18(15-4-5-15)10-22(17)9-16/h6-7,15-18H,4-5,8-11H2,1-3H3,(H,21,23)/t16-,17-,18+/m0/s1. The first-order chi connectivity index (χ1) is 11.5. The van der Waals surface area contributed by atoms with Crippen molar-refractivity contribution < 1.29 is 9.53 Å². The Kier molecular flexibility index (Phi) is 4.13. The predicted molar refractivity (Wildman–Crippen MR) is 94.3 cm³/mol. The van der Waals surface area contributed by atoms with E-state index in [0.717, 1.165) is 48.7 Å². The Balaban J connectivity index is 1.40. The summed E-state index contributed by atoms with van der Waals surface area (Å²) >= 11 is 0. The van der Waals surface area contributed by atoms with Crippen molar-refractivity contribution >= 4 is 5.91 Å². The van der Waals surface area contributed by atoms with E-state index >= 15 is 0 Å². The number of hydrogen-bond donors (Lipinski definition) is 1. The summed E-state index contributed by atoms with van der Waals surface area (Å²) in [5, 5.41) is 3.28. The van der Waals surface area contributed by atoms with Crippen molar-refractivity contribution in [3.05, 3.63) is 34.4 Å².